The lowest BCUT2D eigenvalue weighted by Crippen LogP contribution is -2.25. The molecular weight excluding hydrogens is 400 g/mol. The fraction of sp³-hybridized carbons (Fsp3) is 0.478. The molecule has 7 heteroatoms. The van der Waals surface area contributed by atoms with Crippen LogP contribution in [0.1, 0.15) is 37.7 Å². The number of nitrogens with one attached hydrogen (secondary N) is 1. The quantitative estimate of drug-likeness (QED) is 0.607. The topological polar surface area (TPSA) is 67.9 Å². The Labute approximate surface area is 180 Å². The number of hydrogen-bond donors (Lipinski definition) is 1. The smallest absolute Gasteiger partial charge is 0.244 e. The minimum Gasteiger partial charge on any atom is -0.497 e. The van der Waals surface area contributed by atoms with E-state index < -0.39 is 10.0 Å². The summed E-state index contributed by atoms with van der Waals surface area (Å²) in [6.07, 6.45) is 6.73. The van der Waals surface area contributed by atoms with Crippen molar-refractivity contribution >= 4 is 15.7 Å². The highest BCUT2D eigenvalue weighted by Gasteiger charge is 2.19. The van der Waals surface area contributed by atoms with Crippen molar-refractivity contribution in [3.8, 4) is 11.5 Å². The molecule has 1 N–H and O–H groups in total. The summed E-state index contributed by atoms with van der Waals surface area (Å²) in [5, 5.41) is 0. The van der Waals surface area contributed by atoms with Gasteiger partial charge in [-0.15, -0.1) is 0 Å². The Bertz CT molecular complexity index is 905. The fourth-order valence-electron chi connectivity index (χ4n) is 3.78. The first-order valence-corrected chi connectivity index (χ1v) is 12.1. The maximum Gasteiger partial charge on any atom is 0.244 e. The summed E-state index contributed by atoms with van der Waals surface area (Å²) in [6, 6.07) is 13.4. The molecule has 1 aliphatic heterocycles. The highest BCUT2D eigenvalue weighted by molar-refractivity contribution is 7.89. The molecule has 1 fully saturated rings. The maximum absolute atomic E-state index is 12.6. The lowest BCUT2D eigenvalue weighted by Gasteiger charge is -2.22. The van der Waals surface area contributed by atoms with Crippen LogP contribution in [0.2, 0.25) is 0 Å². The average Bonchev–Trinajstić information content (AvgIpc) is 3.06. The predicted molar refractivity (Wildman–Crippen MR) is 120 cm³/mol. The van der Waals surface area contributed by atoms with E-state index in [1.54, 1.807) is 12.1 Å². The van der Waals surface area contributed by atoms with Crippen molar-refractivity contribution in [2.45, 2.75) is 43.4 Å². The van der Waals surface area contributed by atoms with Gasteiger partial charge in [0.25, 0.3) is 0 Å². The second kappa shape index (κ2) is 10.7. The third-order valence-corrected chi connectivity index (χ3v) is 7.00. The summed E-state index contributed by atoms with van der Waals surface area (Å²) < 4.78 is 38.3. The Kier molecular flexibility index (Phi) is 7.99. The van der Waals surface area contributed by atoms with Crippen molar-refractivity contribution in [3.05, 3.63) is 48.0 Å². The molecule has 0 spiro atoms. The van der Waals surface area contributed by atoms with Gasteiger partial charge in [0.05, 0.1) is 14.2 Å². The number of sulfonamides is 1. The van der Waals surface area contributed by atoms with Crippen molar-refractivity contribution in [2.75, 3.05) is 38.8 Å². The third kappa shape index (κ3) is 5.89. The zero-order valence-corrected chi connectivity index (χ0v) is 18.7. The summed E-state index contributed by atoms with van der Waals surface area (Å²) in [4.78, 5) is 2.58. The van der Waals surface area contributed by atoms with Crippen molar-refractivity contribution in [2.24, 2.45) is 0 Å². The van der Waals surface area contributed by atoms with Crippen LogP contribution in [0.5, 0.6) is 11.5 Å². The van der Waals surface area contributed by atoms with Gasteiger partial charge in [0, 0.05) is 31.4 Å². The third-order valence-electron chi connectivity index (χ3n) is 5.50. The lowest BCUT2D eigenvalue weighted by atomic mass is 10.1. The molecule has 3 rings (SSSR count). The zero-order valence-electron chi connectivity index (χ0n) is 17.9. The molecule has 1 aliphatic rings. The Morgan fingerprint density at radius 2 is 1.63 bits per heavy atom. The monoisotopic (exact) mass is 432 g/mol. The van der Waals surface area contributed by atoms with E-state index in [0.717, 1.165) is 25.9 Å². The molecule has 30 heavy (non-hydrogen) atoms. The number of methoxy groups -OCH3 is 2. The van der Waals surface area contributed by atoms with Gasteiger partial charge in [0.15, 0.2) is 0 Å². The molecule has 0 aromatic heterocycles. The fourth-order valence-corrected chi connectivity index (χ4v) is 5.00. The van der Waals surface area contributed by atoms with E-state index in [1.165, 1.54) is 57.2 Å². The minimum absolute atomic E-state index is 0.118. The summed E-state index contributed by atoms with van der Waals surface area (Å²) in [5.41, 5.74) is 2.50. The molecule has 0 aliphatic carbocycles. The first kappa shape index (κ1) is 22.4. The van der Waals surface area contributed by atoms with Crippen LogP contribution in [0, 0.1) is 0 Å². The SMILES string of the molecule is COc1ccc(S(=O)(=O)NCCCc2ccc(N3CCCCCC3)cc2)c(OC)c1. The average molecular weight is 433 g/mol. The molecule has 0 amide bonds. The summed E-state index contributed by atoms with van der Waals surface area (Å²) in [7, 11) is -0.667. The van der Waals surface area contributed by atoms with Crippen molar-refractivity contribution in [3.63, 3.8) is 0 Å². The molecule has 0 saturated carbocycles. The number of aryl methyl sites for hydroxylation is 1. The van der Waals surface area contributed by atoms with Crippen molar-refractivity contribution < 1.29 is 17.9 Å². The molecule has 2 aromatic rings. The highest BCUT2D eigenvalue weighted by atomic mass is 32.2. The molecule has 2 aromatic carbocycles. The van der Waals surface area contributed by atoms with E-state index in [1.807, 2.05) is 0 Å². The van der Waals surface area contributed by atoms with Gasteiger partial charge in [-0.25, -0.2) is 13.1 Å². The molecule has 1 heterocycles. The molecule has 6 nitrogen and oxygen atoms in total. The summed E-state index contributed by atoms with van der Waals surface area (Å²) in [6.45, 7) is 2.64. The summed E-state index contributed by atoms with van der Waals surface area (Å²) in [5.74, 6) is 0.820. The van der Waals surface area contributed by atoms with E-state index in [-0.39, 0.29) is 10.6 Å². The molecule has 0 unspecified atom stereocenters. The van der Waals surface area contributed by atoms with Crippen LogP contribution >= 0.6 is 0 Å². The number of anilines is 1. The predicted octanol–water partition coefficient (Wildman–Crippen LogP) is 4.00. The maximum atomic E-state index is 12.6. The van der Waals surface area contributed by atoms with Crippen LogP contribution in [0.25, 0.3) is 0 Å². The molecule has 0 radical (unpaired) electrons. The first-order valence-electron chi connectivity index (χ1n) is 10.6. The van der Waals surface area contributed by atoms with E-state index >= 15 is 0 Å². The van der Waals surface area contributed by atoms with Crippen LogP contribution in [0.15, 0.2) is 47.4 Å². The van der Waals surface area contributed by atoms with Crippen molar-refractivity contribution in [1.29, 1.82) is 0 Å². The van der Waals surface area contributed by atoms with Gasteiger partial charge in [0.1, 0.15) is 16.4 Å². The van der Waals surface area contributed by atoms with Crippen LogP contribution in [-0.4, -0.2) is 42.3 Å². The van der Waals surface area contributed by atoms with Gasteiger partial charge >= 0.3 is 0 Å². The largest absolute Gasteiger partial charge is 0.497 e. The molecule has 1 saturated heterocycles. The summed E-state index contributed by atoms with van der Waals surface area (Å²) >= 11 is 0. The van der Waals surface area contributed by atoms with Gasteiger partial charge in [-0.2, -0.15) is 0 Å². The van der Waals surface area contributed by atoms with Crippen LogP contribution < -0.4 is 19.1 Å². The van der Waals surface area contributed by atoms with E-state index in [0.29, 0.717) is 12.3 Å². The molecule has 164 valence electrons. The van der Waals surface area contributed by atoms with Crippen molar-refractivity contribution in [1.82, 2.24) is 4.72 Å². The Balaban J connectivity index is 1.51. The minimum atomic E-state index is -3.64. The van der Waals surface area contributed by atoms with Gasteiger partial charge < -0.3 is 14.4 Å². The number of hydrogen-bond acceptors (Lipinski definition) is 5. The number of rotatable bonds is 9. The zero-order chi connectivity index (χ0) is 21.4. The van der Waals surface area contributed by atoms with E-state index in [4.69, 9.17) is 9.47 Å². The number of benzene rings is 2. The Morgan fingerprint density at radius 1 is 0.933 bits per heavy atom. The normalized spacial score (nSPS) is 14.9. The van der Waals surface area contributed by atoms with Gasteiger partial charge in [-0.3, -0.25) is 0 Å². The second-order valence-electron chi connectivity index (χ2n) is 7.59. The standard InChI is InChI=1S/C23H32N2O4S/c1-28-21-13-14-23(22(18-21)29-2)30(26,27)24-15-7-8-19-9-11-20(12-10-19)25-16-5-3-4-6-17-25/h9-14,18,24H,3-8,15-17H2,1-2H3. The second-order valence-corrected chi connectivity index (χ2v) is 9.32. The van der Waals surface area contributed by atoms with Crippen LogP contribution in [0.4, 0.5) is 5.69 Å². The van der Waals surface area contributed by atoms with E-state index in [2.05, 4.69) is 33.9 Å². The highest BCUT2D eigenvalue weighted by Crippen LogP contribution is 2.28. The number of nitrogens with zero attached hydrogens (tertiary/aromatic N) is 1. The first-order chi connectivity index (χ1) is 14.5. The molecule has 0 atom stereocenters. The van der Waals surface area contributed by atoms with Crippen LogP contribution in [0.3, 0.4) is 0 Å². The lowest BCUT2D eigenvalue weighted by molar-refractivity contribution is 0.386. The Morgan fingerprint density at radius 3 is 2.27 bits per heavy atom. The van der Waals surface area contributed by atoms with Gasteiger partial charge in [0.2, 0.25) is 10.0 Å². The van der Waals surface area contributed by atoms with Gasteiger partial charge in [-0.05, 0) is 55.5 Å². The van der Waals surface area contributed by atoms with E-state index in [9.17, 15) is 8.42 Å². The molecular formula is C23H32N2O4S. The van der Waals surface area contributed by atoms with Gasteiger partial charge in [-0.1, -0.05) is 25.0 Å². The number of ether oxygens (including phenoxy) is 2. The molecule has 0 bridgehead atoms. The van der Waals surface area contributed by atoms with Crippen LogP contribution in [-0.2, 0) is 16.4 Å². The Hall–Kier alpha value is -2.25.